The second-order valence-corrected chi connectivity index (χ2v) is 8.11. The Kier molecular flexibility index (Phi) is 6.90. The maximum atomic E-state index is 5.79. The first-order valence-corrected chi connectivity index (χ1v) is 11.4. The number of morpholine rings is 1. The summed E-state index contributed by atoms with van der Waals surface area (Å²) in [7, 11) is 0. The fraction of sp³-hybridized carbons (Fsp3) is 0.240. The summed E-state index contributed by atoms with van der Waals surface area (Å²) in [6, 6.07) is 20.2. The van der Waals surface area contributed by atoms with E-state index in [1.54, 1.807) is 6.21 Å². The van der Waals surface area contributed by atoms with E-state index in [1.807, 2.05) is 67.6 Å². The normalized spacial score (nSPS) is 13.8. The van der Waals surface area contributed by atoms with Crippen LogP contribution in [0.1, 0.15) is 22.6 Å². The van der Waals surface area contributed by atoms with Crippen LogP contribution in [0.25, 0.3) is 0 Å². The monoisotopic (exact) mass is 470 g/mol. The molecule has 0 saturated carbocycles. The number of nitrogens with one attached hydrogen (secondary N) is 2. The molecule has 3 heterocycles. The standard InChI is InChI=1S/C25H26N8O2/c1-18-6-5-9-20(14-18)17-26-31-24-27-21(16-22(29-24)33-10-12-34-13-11-33)28-25-32-30-23(35-25)15-19-7-3-2-4-8-19/h2-9,14,16-17H,10-13,15H2,1H3,(H2,27,28,29,31,32)/b26-17+. The third kappa shape index (κ3) is 6.18. The summed E-state index contributed by atoms with van der Waals surface area (Å²) < 4.78 is 11.3. The molecule has 5 rings (SSSR count). The van der Waals surface area contributed by atoms with Gasteiger partial charge >= 0.3 is 6.01 Å². The highest BCUT2D eigenvalue weighted by Gasteiger charge is 2.16. The van der Waals surface area contributed by atoms with E-state index in [9.17, 15) is 0 Å². The molecule has 0 unspecified atom stereocenters. The van der Waals surface area contributed by atoms with Gasteiger partial charge in [-0.3, -0.25) is 5.32 Å². The van der Waals surface area contributed by atoms with E-state index in [4.69, 9.17) is 9.15 Å². The van der Waals surface area contributed by atoms with E-state index in [1.165, 1.54) is 0 Å². The number of hydrogen-bond donors (Lipinski definition) is 2. The van der Waals surface area contributed by atoms with Gasteiger partial charge in [0.05, 0.1) is 25.8 Å². The van der Waals surface area contributed by atoms with Crippen LogP contribution < -0.4 is 15.6 Å². The van der Waals surface area contributed by atoms with Crippen molar-refractivity contribution in [3.8, 4) is 0 Å². The maximum Gasteiger partial charge on any atom is 0.321 e. The first-order chi connectivity index (χ1) is 17.2. The molecule has 1 aliphatic rings. The van der Waals surface area contributed by atoms with Crippen molar-refractivity contribution in [2.45, 2.75) is 13.3 Å². The van der Waals surface area contributed by atoms with Gasteiger partial charge in [0.15, 0.2) is 0 Å². The van der Waals surface area contributed by atoms with E-state index >= 15 is 0 Å². The Bertz CT molecular complexity index is 1290. The Morgan fingerprint density at radius 2 is 1.86 bits per heavy atom. The van der Waals surface area contributed by atoms with Crippen LogP contribution in [0.5, 0.6) is 0 Å². The zero-order valence-electron chi connectivity index (χ0n) is 19.4. The molecule has 178 valence electrons. The van der Waals surface area contributed by atoms with Crippen molar-refractivity contribution in [2.75, 3.05) is 41.9 Å². The maximum absolute atomic E-state index is 5.79. The molecule has 0 spiro atoms. The quantitative estimate of drug-likeness (QED) is 0.293. The highest BCUT2D eigenvalue weighted by atomic mass is 16.5. The molecule has 4 aromatic rings. The van der Waals surface area contributed by atoms with Gasteiger partial charge in [-0.15, -0.1) is 5.10 Å². The zero-order chi connectivity index (χ0) is 23.9. The number of ether oxygens (including phenoxy) is 1. The fourth-order valence-corrected chi connectivity index (χ4v) is 3.67. The van der Waals surface area contributed by atoms with Crippen molar-refractivity contribution in [1.82, 2.24) is 20.2 Å². The number of nitrogens with zero attached hydrogens (tertiary/aromatic N) is 6. The van der Waals surface area contributed by atoms with Gasteiger partial charge < -0.3 is 14.1 Å². The van der Waals surface area contributed by atoms with Crippen molar-refractivity contribution in [3.05, 3.63) is 83.2 Å². The molecule has 2 N–H and O–H groups in total. The van der Waals surface area contributed by atoms with E-state index in [0.717, 1.165) is 35.6 Å². The van der Waals surface area contributed by atoms with Gasteiger partial charge in [0.2, 0.25) is 11.8 Å². The Balaban J connectivity index is 1.34. The third-order valence-corrected chi connectivity index (χ3v) is 5.37. The van der Waals surface area contributed by atoms with Crippen molar-refractivity contribution in [2.24, 2.45) is 5.10 Å². The average Bonchev–Trinajstić information content (AvgIpc) is 3.31. The van der Waals surface area contributed by atoms with Gasteiger partial charge in [-0.1, -0.05) is 65.3 Å². The molecule has 35 heavy (non-hydrogen) atoms. The molecular formula is C25H26N8O2. The minimum absolute atomic E-state index is 0.261. The minimum atomic E-state index is 0.261. The van der Waals surface area contributed by atoms with E-state index in [0.29, 0.717) is 37.3 Å². The predicted molar refractivity (Wildman–Crippen MR) is 134 cm³/mol. The highest BCUT2D eigenvalue weighted by Crippen LogP contribution is 2.22. The molecule has 10 nitrogen and oxygen atoms in total. The number of benzene rings is 2. The van der Waals surface area contributed by atoms with Gasteiger partial charge in [0.25, 0.3) is 0 Å². The Labute approximate surface area is 203 Å². The number of hydrazone groups is 1. The smallest absolute Gasteiger partial charge is 0.321 e. The molecule has 0 bridgehead atoms. The summed E-state index contributed by atoms with van der Waals surface area (Å²) in [5.74, 6) is 2.14. The number of hydrogen-bond acceptors (Lipinski definition) is 10. The van der Waals surface area contributed by atoms with Crippen molar-refractivity contribution < 1.29 is 9.15 Å². The topological polar surface area (TPSA) is 114 Å². The molecule has 1 saturated heterocycles. The second kappa shape index (κ2) is 10.7. The van der Waals surface area contributed by atoms with Gasteiger partial charge in [-0.05, 0) is 18.1 Å². The average molecular weight is 471 g/mol. The first kappa shape index (κ1) is 22.5. The highest BCUT2D eigenvalue weighted by molar-refractivity contribution is 5.80. The fourth-order valence-electron chi connectivity index (χ4n) is 3.67. The third-order valence-electron chi connectivity index (χ3n) is 5.37. The van der Waals surface area contributed by atoms with Crippen molar-refractivity contribution >= 4 is 29.8 Å². The lowest BCUT2D eigenvalue weighted by Gasteiger charge is -2.28. The van der Waals surface area contributed by atoms with Crippen LogP contribution in [0.3, 0.4) is 0 Å². The Hall–Kier alpha value is -4.31. The molecule has 1 aliphatic heterocycles. The summed E-state index contributed by atoms with van der Waals surface area (Å²) in [5, 5.41) is 15.7. The van der Waals surface area contributed by atoms with Crippen LogP contribution in [-0.2, 0) is 11.2 Å². The molecule has 0 radical (unpaired) electrons. The van der Waals surface area contributed by atoms with Crippen LogP contribution >= 0.6 is 0 Å². The molecule has 1 fully saturated rings. The van der Waals surface area contributed by atoms with Gasteiger partial charge in [-0.25, -0.2) is 5.43 Å². The van der Waals surface area contributed by atoms with Crippen LogP contribution in [0.15, 0.2) is 70.2 Å². The van der Waals surface area contributed by atoms with Gasteiger partial charge in [-0.2, -0.15) is 15.1 Å². The molecule has 0 aliphatic carbocycles. The number of rotatable bonds is 8. The van der Waals surface area contributed by atoms with E-state index in [-0.39, 0.29) is 6.01 Å². The van der Waals surface area contributed by atoms with Gasteiger partial charge in [0, 0.05) is 19.2 Å². The lowest BCUT2D eigenvalue weighted by molar-refractivity contribution is 0.122. The number of aromatic nitrogens is 4. The lowest BCUT2D eigenvalue weighted by atomic mass is 10.2. The van der Waals surface area contributed by atoms with Crippen LogP contribution in [0.4, 0.5) is 23.6 Å². The van der Waals surface area contributed by atoms with Crippen LogP contribution in [0.2, 0.25) is 0 Å². The van der Waals surface area contributed by atoms with Crippen molar-refractivity contribution in [1.29, 1.82) is 0 Å². The lowest BCUT2D eigenvalue weighted by Crippen LogP contribution is -2.36. The van der Waals surface area contributed by atoms with Crippen LogP contribution in [-0.4, -0.2) is 52.7 Å². The predicted octanol–water partition coefficient (Wildman–Crippen LogP) is 3.79. The number of aryl methyl sites for hydroxylation is 1. The summed E-state index contributed by atoms with van der Waals surface area (Å²) in [4.78, 5) is 11.3. The van der Waals surface area contributed by atoms with Crippen molar-refractivity contribution in [3.63, 3.8) is 0 Å². The summed E-state index contributed by atoms with van der Waals surface area (Å²) in [5.41, 5.74) is 6.18. The Morgan fingerprint density at radius 1 is 1.00 bits per heavy atom. The Morgan fingerprint density at radius 3 is 2.69 bits per heavy atom. The molecular weight excluding hydrogens is 444 g/mol. The molecule has 2 aromatic heterocycles. The summed E-state index contributed by atoms with van der Waals surface area (Å²) in [6.45, 7) is 4.82. The first-order valence-electron chi connectivity index (χ1n) is 11.4. The molecule has 0 atom stereocenters. The number of anilines is 4. The zero-order valence-corrected chi connectivity index (χ0v) is 19.4. The second-order valence-electron chi connectivity index (χ2n) is 8.11. The molecule has 2 aromatic carbocycles. The minimum Gasteiger partial charge on any atom is -0.408 e. The largest absolute Gasteiger partial charge is 0.408 e. The van der Waals surface area contributed by atoms with Gasteiger partial charge in [0.1, 0.15) is 11.6 Å². The van der Waals surface area contributed by atoms with Crippen LogP contribution in [0, 0.1) is 6.92 Å². The van der Waals surface area contributed by atoms with E-state index < -0.39 is 0 Å². The SMILES string of the molecule is Cc1cccc(/C=N/Nc2nc(Nc3nnc(Cc4ccccc4)o3)cc(N3CCOCC3)n2)c1. The molecule has 0 amide bonds. The summed E-state index contributed by atoms with van der Waals surface area (Å²) in [6.07, 6.45) is 2.29. The molecule has 10 heteroatoms. The summed E-state index contributed by atoms with van der Waals surface area (Å²) >= 11 is 0. The van der Waals surface area contributed by atoms with E-state index in [2.05, 4.69) is 40.9 Å².